The predicted octanol–water partition coefficient (Wildman–Crippen LogP) is 3.20. The van der Waals surface area contributed by atoms with Crippen molar-refractivity contribution in [3.05, 3.63) is 34.9 Å². The van der Waals surface area contributed by atoms with Gasteiger partial charge in [-0.1, -0.05) is 11.6 Å². The zero-order valence-electron chi connectivity index (χ0n) is 15.8. The van der Waals surface area contributed by atoms with E-state index in [1.54, 1.807) is 24.3 Å². The minimum Gasteiger partial charge on any atom is -0.342 e. The van der Waals surface area contributed by atoms with E-state index in [0.717, 1.165) is 38.8 Å². The maximum atomic E-state index is 12.9. The first kappa shape index (κ1) is 22.0. The Kier molecular flexibility index (Phi) is 7.95. The van der Waals surface area contributed by atoms with Crippen LogP contribution in [0.25, 0.3) is 0 Å². The number of carbonyl (C=O) groups is 2. The number of carbonyl (C=O) groups excluding carboxylic acids is 2. The molecule has 0 aromatic heterocycles. The highest BCUT2D eigenvalue weighted by atomic mass is 35.5. The van der Waals surface area contributed by atoms with Gasteiger partial charge in [0.2, 0.25) is 5.91 Å². The molecule has 7 heteroatoms. The SMILES string of the molecule is CC(N)C1CCN(C(=O)C2CCCN(C(=O)c3ccc(Cl)cc3)C2)CC1.Cl. The number of benzene rings is 1. The predicted molar refractivity (Wildman–Crippen MR) is 110 cm³/mol. The highest BCUT2D eigenvalue weighted by Gasteiger charge is 2.33. The molecule has 1 aromatic carbocycles. The molecule has 150 valence electrons. The Bertz CT molecular complexity index is 643. The second-order valence-electron chi connectivity index (χ2n) is 7.62. The van der Waals surface area contributed by atoms with Crippen molar-refractivity contribution >= 4 is 35.8 Å². The van der Waals surface area contributed by atoms with Gasteiger partial charge in [0, 0.05) is 42.8 Å². The molecule has 0 radical (unpaired) electrons. The molecule has 1 aromatic rings. The summed E-state index contributed by atoms with van der Waals surface area (Å²) in [5.41, 5.74) is 6.62. The number of hydrogen-bond acceptors (Lipinski definition) is 3. The Morgan fingerprint density at radius 3 is 2.30 bits per heavy atom. The van der Waals surface area contributed by atoms with E-state index in [-0.39, 0.29) is 36.2 Å². The van der Waals surface area contributed by atoms with Gasteiger partial charge in [0.1, 0.15) is 0 Å². The molecule has 2 fully saturated rings. The lowest BCUT2D eigenvalue weighted by atomic mass is 9.89. The summed E-state index contributed by atoms with van der Waals surface area (Å²) in [4.78, 5) is 29.4. The first-order valence-electron chi connectivity index (χ1n) is 9.55. The highest BCUT2D eigenvalue weighted by Crippen LogP contribution is 2.25. The minimum atomic E-state index is -0.0909. The van der Waals surface area contributed by atoms with Crippen molar-refractivity contribution in [2.45, 2.75) is 38.6 Å². The van der Waals surface area contributed by atoms with Crippen molar-refractivity contribution < 1.29 is 9.59 Å². The minimum absolute atomic E-state index is 0. The van der Waals surface area contributed by atoms with E-state index in [1.807, 2.05) is 16.7 Å². The van der Waals surface area contributed by atoms with Gasteiger partial charge in [-0.15, -0.1) is 12.4 Å². The van der Waals surface area contributed by atoms with Crippen molar-refractivity contribution in [3.63, 3.8) is 0 Å². The van der Waals surface area contributed by atoms with Crippen LogP contribution in [0, 0.1) is 11.8 Å². The number of nitrogens with two attached hydrogens (primary N) is 1. The van der Waals surface area contributed by atoms with Crippen LogP contribution in [0.15, 0.2) is 24.3 Å². The van der Waals surface area contributed by atoms with Gasteiger partial charge in [-0.3, -0.25) is 9.59 Å². The van der Waals surface area contributed by atoms with E-state index in [1.165, 1.54) is 0 Å². The lowest BCUT2D eigenvalue weighted by molar-refractivity contribution is -0.138. The van der Waals surface area contributed by atoms with Crippen LogP contribution in [0.1, 0.15) is 43.0 Å². The maximum Gasteiger partial charge on any atom is 0.253 e. The zero-order valence-corrected chi connectivity index (χ0v) is 17.3. The Balaban J connectivity index is 0.00000261. The smallest absolute Gasteiger partial charge is 0.253 e. The van der Waals surface area contributed by atoms with Crippen molar-refractivity contribution in [2.75, 3.05) is 26.2 Å². The van der Waals surface area contributed by atoms with Crippen LogP contribution in [-0.2, 0) is 4.79 Å². The molecule has 3 rings (SSSR count). The molecule has 2 amide bonds. The molecule has 0 saturated carbocycles. The number of nitrogens with zero attached hydrogens (tertiary/aromatic N) is 2. The molecule has 5 nitrogen and oxygen atoms in total. The third kappa shape index (κ3) is 5.37. The van der Waals surface area contributed by atoms with E-state index in [0.29, 0.717) is 29.6 Å². The molecular formula is C20H29Cl2N3O2. The molecule has 0 bridgehead atoms. The van der Waals surface area contributed by atoms with Crippen LogP contribution in [-0.4, -0.2) is 53.8 Å². The standard InChI is InChI=1S/C20H28ClN3O2.ClH/c1-14(22)15-8-11-23(12-9-15)20(26)17-3-2-10-24(13-17)19(25)16-4-6-18(21)7-5-16;/h4-7,14-15,17H,2-3,8-13,22H2,1H3;1H. The summed E-state index contributed by atoms with van der Waals surface area (Å²) in [6.45, 7) is 4.83. The van der Waals surface area contributed by atoms with Crippen LogP contribution < -0.4 is 5.73 Å². The molecule has 27 heavy (non-hydrogen) atoms. The Morgan fingerprint density at radius 2 is 1.70 bits per heavy atom. The van der Waals surface area contributed by atoms with Crippen LogP contribution in [0.2, 0.25) is 5.02 Å². The van der Waals surface area contributed by atoms with E-state index in [4.69, 9.17) is 17.3 Å². The molecule has 2 N–H and O–H groups in total. The summed E-state index contributed by atoms with van der Waals surface area (Å²) in [5, 5.41) is 0.614. The van der Waals surface area contributed by atoms with Gasteiger partial charge in [0.05, 0.1) is 5.92 Å². The Labute approximate surface area is 172 Å². The quantitative estimate of drug-likeness (QED) is 0.826. The zero-order chi connectivity index (χ0) is 18.7. The van der Waals surface area contributed by atoms with Gasteiger partial charge in [-0.25, -0.2) is 0 Å². The van der Waals surface area contributed by atoms with Crippen LogP contribution >= 0.6 is 24.0 Å². The lowest BCUT2D eigenvalue weighted by Gasteiger charge is -2.38. The number of amides is 2. The average Bonchev–Trinajstić information content (AvgIpc) is 2.67. The molecule has 2 aliphatic heterocycles. The van der Waals surface area contributed by atoms with Gasteiger partial charge in [0.15, 0.2) is 0 Å². The third-order valence-electron chi connectivity index (χ3n) is 5.74. The molecule has 2 unspecified atom stereocenters. The normalized spacial score (nSPS) is 22.1. The summed E-state index contributed by atoms with van der Waals surface area (Å²) in [6, 6.07) is 7.13. The average molecular weight is 414 g/mol. The molecule has 0 aliphatic carbocycles. The fourth-order valence-electron chi connectivity index (χ4n) is 4.04. The second-order valence-corrected chi connectivity index (χ2v) is 8.06. The summed E-state index contributed by atoms with van der Waals surface area (Å²) in [5.74, 6) is 0.594. The van der Waals surface area contributed by atoms with Crippen molar-refractivity contribution in [1.29, 1.82) is 0 Å². The molecule has 2 aliphatic rings. The third-order valence-corrected chi connectivity index (χ3v) is 6.00. The van der Waals surface area contributed by atoms with Gasteiger partial charge in [-0.05, 0) is 62.8 Å². The summed E-state index contributed by atoms with van der Waals surface area (Å²) in [7, 11) is 0. The molecule has 2 saturated heterocycles. The second kappa shape index (κ2) is 9.76. The van der Waals surface area contributed by atoms with Crippen LogP contribution in [0.5, 0.6) is 0 Å². The first-order chi connectivity index (χ1) is 12.5. The summed E-state index contributed by atoms with van der Waals surface area (Å²) < 4.78 is 0. The summed E-state index contributed by atoms with van der Waals surface area (Å²) in [6.07, 6.45) is 3.68. The van der Waals surface area contributed by atoms with E-state index in [9.17, 15) is 9.59 Å². The number of rotatable bonds is 3. The lowest BCUT2D eigenvalue weighted by Crippen LogP contribution is -2.49. The maximum absolute atomic E-state index is 12.9. The van der Waals surface area contributed by atoms with E-state index < -0.39 is 0 Å². The molecule has 2 heterocycles. The number of likely N-dealkylation sites (tertiary alicyclic amines) is 2. The highest BCUT2D eigenvalue weighted by molar-refractivity contribution is 6.30. The largest absolute Gasteiger partial charge is 0.342 e. The van der Waals surface area contributed by atoms with Crippen molar-refractivity contribution in [1.82, 2.24) is 9.80 Å². The van der Waals surface area contributed by atoms with E-state index in [2.05, 4.69) is 0 Å². The van der Waals surface area contributed by atoms with Crippen LogP contribution in [0.4, 0.5) is 0 Å². The van der Waals surface area contributed by atoms with Gasteiger partial charge in [0.25, 0.3) is 5.91 Å². The summed E-state index contributed by atoms with van der Waals surface area (Å²) >= 11 is 5.90. The topological polar surface area (TPSA) is 66.6 Å². The monoisotopic (exact) mass is 413 g/mol. The number of piperidine rings is 2. The molecule has 0 spiro atoms. The van der Waals surface area contributed by atoms with Gasteiger partial charge < -0.3 is 15.5 Å². The number of halogens is 2. The van der Waals surface area contributed by atoms with E-state index >= 15 is 0 Å². The molecular weight excluding hydrogens is 385 g/mol. The van der Waals surface area contributed by atoms with Gasteiger partial charge >= 0.3 is 0 Å². The van der Waals surface area contributed by atoms with Gasteiger partial charge in [-0.2, -0.15) is 0 Å². The van der Waals surface area contributed by atoms with Crippen molar-refractivity contribution in [3.8, 4) is 0 Å². The number of hydrogen-bond donors (Lipinski definition) is 1. The van der Waals surface area contributed by atoms with Crippen LogP contribution in [0.3, 0.4) is 0 Å². The fourth-order valence-corrected chi connectivity index (χ4v) is 4.17. The fraction of sp³-hybridized carbons (Fsp3) is 0.600. The Hall–Kier alpha value is -1.30. The first-order valence-corrected chi connectivity index (χ1v) is 9.92. The Morgan fingerprint density at radius 1 is 1.07 bits per heavy atom. The molecule has 2 atom stereocenters. The van der Waals surface area contributed by atoms with Crippen molar-refractivity contribution in [2.24, 2.45) is 17.6 Å².